The topological polar surface area (TPSA) is 67.2 Å². The Balaban J connectivity index is 2.16. The lowest BCUT2D eigenvalue weighted by molar-refractivity contribution is -0.124. The quantitative estimate of drug-likeness (QED) is 0.552. The van der Waals surface area contributed by atoms with Crippen molar-refractivity contribution < 1.29 is 4.79 Å². The van der Waals surface area contributed by atoms with Gasteiger partial charge in [-0.15, -0.1) is 0 Å². The van der Waals surface area contributed by atoms with Crippen molar-refractivity contribution in [3.8, 4) is 0 Å². The van der Waals surface area contributed by atoms with Crippen molar-refractivity contribution in [2.24, 2.45) is 11.7 Å². The summed E-state index contributed by atoms with van der Waals surface area (Å²) < 4.78 is 0. The predicted molar refractivity (Wildman–Crippen MR) is 52.2 cm³/mol. The van der Waals surface area contributed by atoms with Gasteiger partial charge in [0.15, 0.2) is 0 Å². The van der Waals surface area contributed by atoms with E-state index < -0.39 is 0 Å². The first-order chi connectivity index (χ1) is 6.09. The Kier molecular flexibility index (Phi) is 3.69. The van der Waals surface area contributed by atoms with Gasteiger partial charge in [-0.25, -0.2) is 0 Å². The van der Waals surface area contributed by atoms with Crippen LogP contribution in [0, 0.1) is 5.92 Å². The molecule has 1 rings (SSSR count). The van der Waals surface area contributed by atoms with Crippen LogP contribution in [0.25, 0.3) is 0 Å². The minimum Gasteiger partial charge on any atom is -0.354 e. The molecule has 76 valence electrons. The highest BCUT2D eigenvalue weighted by Gasteiger charge is 2.21. The lowest BCUT2D eigenvalue weighted by Gasteiger charge is -2.12. The fourth-order valence-electron chi connectivity index (χ4n) is 1.43. The highest BCUT2D eigenvalue weighted by atomic mass is 16.1. The smallest absolute Gasteiger partial charge is 0.222 e. The van der Waals surface area contributed by atoms with Crippen LogP contribution in [0.5, 0.6) is 0 Å². The van der Waals surface area contributed by atoms with Crippen LogP contribution in [-0.2, 0) is 4.79 Å². The van der Waals surface area contributed by atoms with Crippen LogP contribution in [0.3, 0.4) is 0 Å². The normalized spacial score (nSPS) is 28.0. The van der Waals surface area contributed by atoms with Crippen LogP contribution >= 0.6 is 0 Å². The van der Waals surface area contributed by atoms with Crippen LogP contribution < -0.4 is 16.4 Å². The summed E-state index contributed by atoms with van der Waals surface area (Å²) in [5.74, 6) is 0.178. The third kappa shape index (κ3) is 3.32. The van der Waals surface area contributed by atoms with Crippen LogP contribution in [0.2, 0.25) is 0 Å². The average molecular weight is 185 g/mol. The van der Waals surface area contributed by atoms with Crippen molar-refractivity contribution in [1.29, 1.82) is 0 Å². The Morgan fingerprint density at radius 3 is 2.85 bits per heavy atom. The molecule has 1 aliphatic heterocycles. The van der Waals surface area contributed by atoms with Gasteiger partial charge < -0.3 is 16.4 Å². The van der Waals surface area contributed by atoms with Crippen molar-refractivity contribution in [3.63, 3.8) is 0 Å². The molecule has 0 unspecified atom stereocenters. The number of nitrogens with two attached hydrogens (primary N) is 1. The molecule has 1 fully saturated rings. The first kappa shape index (κ1) is 10.5. The van der Waals surface area contributed by atoms with E-state index in [0.29, 0.717) is 12.6 Å². The van der Waals surface area contributed by atoms with Gasteiger partial charge in [-0.3, -0.25) is 4.79 Å². The summed E-state index contributed by atoms with van der Waals surface area (Å²) in [7, 11) is 0. The second-order valence-electron chi connectivity index (χ2n) is 4.00. The molecule has 0 spiro atoms. The summed E-state index contributed by atoms with van der Waals surface area (Å²) >= 11 is 0. The first-order valence-electron chi connectivity index (χ1n) is 4.86. The molecule has 4 heteroatoms. The highest BCUT2D eigenvalue weighted by molar-refractivity contribution is 5.77. The van der Waals surface area contributed by atoms with Gasteiger partial charge in [0.25, 0.3) is 0 Å². The predicted octanol–water partition coefficient (Wildman–Crippen LogP) is -0.552. The Bertz CT molecular complexity index is 182. The SMILES string of the molecule is CC(C)C(=O)NC[C@@H]1C[C@H](N)CN1. The van der Waals surface area contributed by atoms with E-state index in [9.17, 15) is 4.79 Å². The maximum absolute atomic E-state index is 11.2. The average Bonchev–Trinajstić information content (AvgIpc) is 2.47. The van der Waals surface area contributed by atoms with Gasteiger partial charge in [0, 0.05) is 31.1 Å². The summed E-state index contributed by atoms with van der Waals surface area (Å²) in [6.07, 6.45) is 0.957. The molecule has 1 amide bonds. The second kappa shape index (κ2) is 4.58. The van der Waals surface area contributed by atoms with E-state index >= 15 is 0 Å². The Hall–Kier alpha value is -0.610. The molecule has 2 atom stereocenters. The van der Waals surface area contributed by atoms with E-state index in [0.717, 1.165) is 13.0 Å². The first-order valence-corrected chi connectivity index (χ1v) is 4.86. The summed E-state index contributed by atoms with van der Waals surface area (Å²) in [5, 5.41) is 6.15. The maximum Gasteiger partial charge on any atom is 0.222 e. The van der Waals surface area contributed by atoms with Crippen molar-refractivity contribution in [3.05, 3.63) is 0 Å². The number of hydrogen-bond donors (Lipinski definition) is 3. The highest BCUT2D eigenvalue weighted by Crippen LogP contribution is 2.03. The van der Waals surface area contributed by atoms with E-state index in [2.05, 4.69) is 10.6 Å². The minimum atomic E-state index is 0.0649. The summed E-state index contributed by atoms with van der Waals surface area (Å²) in [5.41, 5.74) is 5.72. The molecule has 0 bridgehead atoms. The Morgan fingerprint density at radius 2 is 2.38 bits per heavy atom. The molecule has 4 nitrogen and oxygen atoms in total. The number of carbonyl (C=O) groups is 1. The molecule has 0 saturated carbocycles. The van der Waals surface area contributed by atoms with Gasteiger partial charge >= 0.3 is 0 Å². The molecule has 0 radical (unpaired) electrons. The van der Waals surface area contributed by atoms with Crippen LogP contribution in [0.4, 0.5) is 0 Å². The van der Waals surface area contributed by atoms with Crippen LogP contribution in [0.15, 0.2) is 0 Å². The monoisotopic (exact) mass is 185 g/mol. The summed E-state index contributed by atoms with van der Waals surface area (Å²) in [6, 6.07) is 0.610. The molecule has 1 aliphatic rings. The molecular weight excluding hydrogens is 166 g/mol. The van der Waals surface area contributed by atoms with E-state index in [1.54, 1.807) is 0 Å². The van der Waals surface area contributed by atoms with Crippen molar-refractivity contribution >= 4 is 5.91 Å². The molecule has 4 N–H and O–H groups in total. The van der Waals surface area contributed by atoms with Gasteiger partial charge in [-0.05, 0) is 6.42 Å². The Morgan fingerprint density at radius 1 is 1.69 bits per heavy atom. The summed E-state index contributed by atoms with van der Waals surface area (Å²) in [4.78, 5) is 11.2. The molecular formula is C9H19N3O. The van der Waals surface area contributed by atoms with Crippen LogP contribution in [0.1, 0.15) is 20.3 Å². The minimum absolute atomic E-state index is 0.0649. The second-order valence-corrected chi connectivity index (χ2v) is 4.00. The molecule has 0 aliphatic carbocycles. The van der Waals surface area contributed by atoms with Crippen molar-refractivity contribution in [1.82, 2.24) is 10.6 Å². The fraction of sp³-hybridized carbons (Fsp3) is 0.889. The van der Waals surface area contributed by atoms with Gasteiger partial charge in [0.05, 0.1) is 0 Å². The molecule has 0 aromatic carbocycles. The fourth-order valence-corrected chi connectivity index (χ4v) is 1.43. The molecule has 0 aromatic rings. The standard InChI is InChI=1S/C9H19N3O/c1-6(2)9(13)12-5-8-3-7(10)4-11-8/h6-8,11H,3-5,10H2,1-2H3,(H,12,13)/t7-,8-/m0/s1. The zero-order valence-corrected chi connectivity index (χ0v) is 8.34. The van der Waals surface area contributed by atoms with E-state index in [1.807, 2.05) is 13.8 Å². The van der Waals surface area contributed by atoms with Gasteiger partial charge in [0.2, 0.25) is 5.91 Å². The van der Waals surface area contributed by atoms with Crippen molar-refractivity contribution in [2.45, 2.75) is 32.4 Å². The van der Waals surface area contributed by atoms with Crippen molar-refractivity contribution in [2.75, 3.05) is 13.1 Å². The molecule has 13 heavy (non-hydrogen) atoms. The molecule has 1 heterocycles. The molecule has 0 aromatic heterocycles. The van der Waals surface area contributed by atoms with Crippen LogP contribution in [-0.4, -0.2) is 31.1 Å². The largest absolute Gasteiger partial charge is 0.354 e. The van der Waals surface area contributed by atoms with Gasteiger partial charge in [-0.1, -0.05) is 13.8 Å². The maximum atomic E-state index is 11.2. The number of nitrogens with one attached hydrogen (secondary N) is 2. The molecule has 1 saturated heterocycles. The number of rotatable bonds is 3. The zero-order valence-electron chi connectivity index (χ0n) is 8.34. The number of amides is 1. The van der Waals surface area contributed by atoms with E-state index in [-0.39, 0.29) is 17.9 Å². The Labute approximate surface area is 79.3 Å². The summed E-state index contributed by atoms with van der Waals surface area (Å²) in [6.45, 7) is 5.35. The third-order valence-electron chi connectivity index (χ3n) is 2.30. The number of hydrogen-bond acceptors (Lipinski definition) is 3. The van der Waals surface area contributed by atoms with Gasteiger partial charge in [-0.2, -0.15) is 0 Å². The lowest BCUT2D eigenvalue weighted by Crippen LogP contribution is -2.38. The van der Waals surface area contributed by atoms with Gasteiger partial charge in [0.1, 0.15) is 0 Å². The number of carbonyl (C=O) groups excluding carboxylic acids is 1. The van der Waals surface area contributed by atoms with E-state index in [1.165, 1.54) is 0 Å². The van der Waals surface area contributed by atoms with E-state index in [4.69, 9.17) is 5.73 Å². The zero-order chi connectivity index (χ0) is 9.84. The lowest BCUT2D eigenvalue weighted by atomic mass is 10.1. The third-order valence-corrected chi connectivity index (χ3v) is 2.30.